The molecule has 0 saturated heterocycles. The smallest absolute Gasteiger partial charge is 0.234 e. The molecule has 5 aliphatic carbocycles. The zero-order chi connectivity index (χ0) is 12.8. The first-order chi connectivity index (χ1) is 9.28. The molecule has 1 amide bonds. The second kappa shape index (κ2) is 4.76. The van der Waals surface area contributed by atoms with Gasteiger partial charge in [-0.2, -0.15) is 0 Å². The summed E-state index contributed by atoms with van der Waals surface area (Å²) in [5.41, 5.74) is 0. The number of carbonyl (C=O) groups excluding carboxylic acids is 1. The summed E-state index contributed by atoms with van der Waals surface area (Å²) in [6, 6.07) is 1.12. The van der Waals surface area contributed by atoms with E-state index in [9.17, 15) is 4.79 Å². The molecule has 0 spiro atoms. The van der Waals surface area contributed by atoms with Crippen molar-refractivity contribution in [2.75, 3.05) is 6.54 Å². The van der Waals surface area contributed by atoms with E-state index < -0.39 is 0 Å². The first kappa shape index (κ1) is 12.2. The van der Waals surface area contributed by atoms with Crippen molar-refractivity contribution in [1.29, 1.82) is 0 Å². The Morgan fingerprint density at radius 3 is 2.11 bits per heavy atom. The minimum atomic E-state index is 0.240. The average molecular weight is 262 g/mol. The maximum atomic E-state index is 12.1. The Kier molecular flexibility index (Phi) is 3.06. The van der Waals surface area contributed by atoms with Crippen LogP contribution in [0.2, 0.25) is 0 Å². The second-order valence-corrected chi connectivity index (χ2v) is 7.53. The zero-order valence-corrected chi connectivity index (χ0v) is 11.7. The molecule has 0 aromatic carbocycles. The number of carbonyl (C=O) groups is 1. The maximum absolute atomic E-state index is 12.1. The quantitative estimate of drug-likeness (QED) is 0.814. The molecule has 5 fully saturated rings. The summed E-state index contributed by atoms with van der Waals surface area (Å²) in [4.78, 5) is 12.1. The lowest BCUT2D eigenvalue weighted by molar-refractivity contribution is -0.124. The van der Waals surface area contributed by atoms with Crippen LogP contribution in [-0.4, -0.2) is 24.5 Å². The topological polar surface area (TPSA) is 41.1 Å². The van der Waals surface area contributed by atoms with E-state index in [1.54, 1.807) is 0 Å². The molecule has 5 rings (SSSR count). The first-order valence-electron chi connectivity index (χ1n) is 8.30. The molecule has 0 aliphatic heterocycles. The van der Waals surface area contributed by atoms with E-state index in [-0.39, 0.29) is 5.91 Å². The van der Waals surface area contributed by atoms with Crippen LogP contribution in [0.1, 0.15) is 51.4 Å². The molecule has 106 valence electrons. The first-order valence-corrected chi connectivity index (χ1v) is 8.30. The number of amides is 1. The zero-order valence-electron chi connectivity index (χ0n) is 11.7. The fourth-order valence-corrected chi connectivity index (χ4v) is 5.25. The van der Waals surface area contributed by atoms with Gasteiger partial charge < -0.3 is 10.6 Å². The highest BCUT2D eigenvalue weighted by atomic mass is 16.2. The summed E-state index contributed by atoms with van der Waals surface area (Å²) in [6.07, 6.45) is 10.9. The van der Waals surface area contributed by atoms with E-state index in [0.29, 0.717) is 18.6 Å². The van der Waals surface area contributed by atoms with Gasteiger partial charge >= 0.3 is 0 Å². The van der Waals surface area contributed by atoms with Crippen molar-refractivity contribution < 1.29 is 4.79 Å². The van der Waals surface area contributed by atoms with E-state index >= 15 is 0 Å². The largest absolute Gasteiger partial charge is 0.352 e. The number of nitrogens with one attached hydrogen (secondary N) is 2. The van der Waals surface area contributed by atoms with Crippen LogP contribution in [0, 0.1) is 23.7 Å². The minimum Gasteiger partial charge on any atom is -0.352 e. The lowest BCUT2D eigenvalue weighted by Crippen LogP contribution is -2.57. The lowest BCUT2D eigenvalue weighted by Gasteiger charge is -2.54. The molecular formula is C16H26N2O. The molecule has 0 aromatic rings. The number of hydrogen-bond acceptors (Lipinski definition) is 2. The molecule has 5 saturated carbocycles. The summed E-state index contributed by atoms with van der Waals surface area (Å²) in [5.74, 6) is 3.81. The second-order valence-electron chi connectivity index (χ2n) is 7.53. The Morgan fingerprint density at radius 1 is 0.947 bits per heavy atom. The van der Waals surface area contributed by atoms with Crippen LogP contribution >= 0.6 is 0 Å². The molecule has 5 aliphatic rings. The van der Waals surface area contributed by atoms with Crippen LogP contribution in [0.5, 0.6) is 0 Å². The third-order valence-electron chi connectivity index (χ3n) is 6.21. The van der Waals surface area contributed by atoms with Crippen molar-refractivity contribution in [3.05, 3.63) is 0 Å². The van der Waals surface area contributed by atoms with E-state index in [4.69, 9.17) is 0 Å². The van der Waals surface area contributed by atoms with Gasteiger partial charge in [0, 0.05) is 12.1 Å². The van der Waals surface area contributed by atoms with Crippen LogP contribution < -0.4 is 10.6 Å². The summed E-state index contributed by atoms with van der Waals surface area (Å²) in [7, 11) is 0. The van der Waals surface area contributed by atoms with Gasteiger partial charge in [-0.15, -0.1) is 0 Å². The van der Waals surface area contributed by atoms with Crippen molar-refractivity contribution >= 4 is 5.91 Å². The van der Waals surface area contributed by atoms with E-state index in [1.165, 1.54) is 51.4 Å². The predicted octanol–water partition coefficient (Wildman–Crippen LogP) is 2.07. The molecule has 0 heterocycles. The van der Waals surface area contributed by atoms with Crippen molar-refractivity contribution in [2.24, 2.45) is 23.7 Å². The summed E-state index contributed by atoms with van der Waals surface area (Å²) in [6.45, 7) is 0.535. The summed E-state index contributed by atoms with van der Waals surface area (Å²) in [5, 5.41) is 6.74. The molecule has 19 heavy (non-hydrogen) atoms. The summed E-state index contributed by atoms with van der Waals surface area (Å²) >= 11 is 0. The standard InChI is InChI=1S/C16H26N2O/c19-15(9-17-14-2-1-3-14)18-16-12-5-10-4-11(7-12)8-13(16)6-10/h10-14,16-17H,1-9H2,(H,18,19). The molecule has 0 unspecified atom stereocenters. The fraction of sp³-hybridized carbons (Fsp3) is 0.938. The number of rotatable bonds is 4. The van der Waals surface area contributed by atoms with Crippen molar-refractivity contribution in [3.8, 4) is 0 Å². The van der Waals surface area contributed by atoms with Gasteiger partial charge in [-0.1, -0.05) is 6.42 Å². The molecular weight excluding hydrogens is 236 g/mol. The van der Waals surface area contributed by atoms with Gasteiger partial charge in [0.1, 0.15) is 0 Å². The third kappa shape index (κ3) is 2.31. The molecule has 4 bridgehead atoms. The molecule has 0 aromatic heterocycles. The Bertz CT molecular complexity index is 336. The Morgan fingerprint density at radius 2 is 1.58 bits per heavy atom. The van der Waals surface area contributed by atoms with Gasteiger partial charge in [-0.05, 0) is 68.6 Å². The highest BCUT2D eigenvalue weighted by molar-refractivity contribution is 5.78. The van der Waals surface area contributed by atoms with Crippen LogP contribution in [0.25, 0.3) is 0 Å². The molecule has 0 radical (unpaired) electrons. The Balaban J connectivity index is 1.31. The predicted molar refractivity (Wildman–Crippen MR) is 74.6 cm³/mol. The van der Waals surface area contributed by atoms with Gasteiger partial charge in [0.25, 0.3) is 0 Å². The van der Waals surface area contributed by atoms with E-state index in [1.807, 2.05) is 0 Å². The third-order valence-corrected chi connectivity index (χ3v) is 6.21. The SMILES string of the molecule is O=C(CNC1CCC1)NC1C2CC3CC(C2)CC1C3. The maximum Gasteiger partial charge on any atom is 0.234 e. The monoisotopic (exact) mass is 262 g/mol. The number of hydrogen-bond donors (Lipinski definition) is 2. The van der Waals surface area contributed by atoms with Crippen molar-refractivity contribution in [1.82, 2.24) is 10.6 Å². The van der Waals surface area contributed by atoms with Crippen molar-refractivity contribution in [2.45, 2.75) is 63.5 Å². The lowest BCUT2D eigenvalue weighted by atomic mass is 9.54. The Labute approximate surface area is 115 Å². The van der Waals surface area contributed by atoms with Crippen LogP contribution in [0.15, 0.2) is 0 Å². The molecule has 2 N–H and O–H groups in total. The van der Waals surface area contributed by atoms with Gasteiger partial charge in [0.05, 0.1) is 6.54 Å². The fourth-order valence-electron chi connectivity index (χ4n) is 5.25. The van der Waals surface area contributed by atoms with Crippen molar-refractivity contribution in [3.63, 3.8) is 0 Å². The normalized spacial score (nSPS) is 44.1. The highest BCUT2D eigenvalue weighted by Gasteiger charge is 2.48. The van der Waals surface area contributed by atoms with Gasteiger partial charge in [-0.25, -0.2) is 0 Å². The van der Waals surface area contributed by atoms with Crippen LogP contribution in [0.4, 0.5) is 0 Å². The van der Waals surface area contributed by atoms with Crippen LogP contribution in [-0.2, 0) is 4.79 Å². The van der Waals surface area contributed by atoms with Crippen LogP contribution in [0.3, 0.4) is 0 Å². The van der Waals surface area contributed by atoms with Gasteiger partial charge in [-0.3, -0.25) is 4.79 Å². The summed E-state index contributed by atoms with van der Waals surface area (Å²) < 4.78 is 0. The molecule has 3 nitrogen and oxygen atoms in total. The van der Waals surface area contributed by atoms with E-state index in [2.05, 4.69) is 10.6 Å². The Hall–Kier alpha value is -0.570. The molecule has 3 heteroatoms. The van der Waals surface area contributed by atoms with E-state index in [0.717, 1.165) is 23.7 Å². The van der Waals surface area contributed by atoms with Gasteiger partial charge in [0.2, 0.25) is 5.91 Å². The minimum absolute atomic E-state index is 0.240. The highest BCUT2D eigenvalue weighted by Crippen LogP contribution is 2.53. The van der Waals surface area contributed by atoms with Gasteiger partial charge in [0.15, 0.2) is 0 Å². The molecule has 0 atom stereocenters. The average Bonchev–Trinajstić information content (AvgIpc) is 2.31.